The number of aryl methyl sites for hydroxylation is 1. The van der Waals surface area contributed by atoms with Crippen molar-refractivity contribution in [1.82, 2.24) is 9.13 Å². The van der Waals surface area contributed by atoms with E-state index < -0.39 is 27.0 Å². The van der Waals surface area contributed by atoms with Gasteiger partial charge in [0.15, 0.2) is 9.84 Å². The lowest BCUT2D eigenvalue weighted by Gasteiger charge is -2.14. The van der Waals surface area contributed by atoms with Crippen molar-refractivity contribution in [3.63, 3.8) is 0 Å². The van der Waals surface area contributed by atoms with Gasteiger partial charge in [-0.05, 0) is 43.7 Å². The molecule has 0 aliphatic heterocycles. The molecule has 0 aliphatic carbocycles. The molecule has 1 heterocycles. The number of fused-ring (bicyclic) bond motifs is 1. The summed E-state index contributed by atoms with van der Waals surface area (Å²) in [5.41, 5.74) is 0.416. The van der Waals surface area contributed by atoms with Crippen LogP contribution in [0.3, 0.4) is 0 Å². The summed E-state index contributed by atoms with van der Waals surface area (Å²) in [6.07, 6.45) is 1.09. The van der Waals surface area contributed by atoms with Crippen LogP contribution in [-0.2, 0) is 27.7 Å². The molecule has 1 amide bonds. The highest BCUT2D eigenvalue weighted by atomic mass is 32.2. The third-order valence-electron chi connectivity index (χ3n) is 4.66. The highest BCUT2D eigenvalue weighted by Gasteiger charge is 2.16. The molecule has 0 spiro atoms. The zero-order chi connectivity index (χ0) is 21.3. The lowest BCUT2D eigenvalue weighted by Crippen LogP contribution is -2.41. The number of anilines is 1. The van der Waals surface area contributed by atoms with E-state index in [1.807, 2.05) is 0 Å². The lowest BCUT2D eigenvalue weighted by atomic mass is 10.2. The Kier molecular flexibility index (Phi) is 5.43. The minimum Gasteiger partial charge on any atom is -0.324 e. The predicted molar refractivity (Wildman–Crippen MR) is 111 cm³/mol. The standard InChI is InChI=1S/C20H21N3O5S/c1-4-22-19(25)15-7-5-6-8-17(15)23(20(22)26)12-18(24)21-16-11-14(29(3,27)28)10-9-13(16)2/h5-11H,4,12H2,1-3H3,(H,21,24). The van der Waals surface area contributed by atoms with Gasteiger partial charge in [-0.1, -0.05) is 18.2 Å². The minimum atomic E-state index is -3.43. The number of nitrogens with zero attached hydrogens (tertiary/aromatic N) is 2. The molecule has 0 unspecified atom stereocenters. The fourth-order valence-corrected chi connectivity index (χ4v) is 3.75. The van der Waals surface area contributed by atoms with Crippen LogP contribution in [0.25, 0.3) is 10.9 Å². The molecule has 152 valence electrons. The van der Waals surface area contributed by atoms with Crippen molar-refractivity contribution in [2.24, 2.45) is 0 Å². The maximum absolute atomic E-state index is 12.7. The summed E-state index contributed by atoms with van der Waals surface area (Å²) in [4.78, 5) is 38.0. The van der Waals surface area contributed by atoms with Gasteiger partial charge in [-0.3, -0.25) is 18.7 Å². The smallest absolute Gasteiger partial charge is 0.324 e. The van der Waals surface area contributed by atoms with Gasteiger partial charge in [-0.2, -0.15) is 0 Å². The maximum atomic E-state index is 12.7. The summed E-state index contributed by atoms with van der Waals surface area (Å²) in [7, 11) is -3.43. The number of carbonyl (C=O) groups excluding carboxylic acids is 1. The summed E-state index contributed by atoms with van der Waals surface area (Å²) in [5.74, 6) is -0.507. The average Bonchev–Trinajstić information content (AvgIpc) is 2.66. The lowest BCUT2D eigenvalue weighted by molar-refractivity contribution is -0.116. The Morgan fingerprint density at radius 3 is 2.41 bits per heavy atom. The first-order chi connectivity index (χ1) is 13.6. The number of aromatic nitrogens is 2. The zero-order valence-corrected chi connectivity index (χ0v) is 17.1. The molecule has 1 aromatic heterocycles. The molecule has 3 aromatic rings. The van der Waals surface area contributed by atoms with Crippen LogP contribution in [0.2, 0.25) is 0 Å². The van der Waals surface area contributed by atoms with Crippen LogP contribution in [0.5, 0.6) is 0 Å². The number of hydrogen-bond acceptors (Lipinski definition) is 5. The van der Waals surface area contributed by atoms with Crippen molar-refractivity contribution in [3.8, 4) is 0 Å². The van der Waals surface area contributed by atoms with Crippen LogP contribution < -0.4 is 16.6 Å². The first-order valence-corrected chi connectivity index (χ1v) is 10.9. The van der Waals surface area contributed by atoms with E-state index in [4.69, 9.17) is 0 Å². The maximum Gasteiger partial charge on any atom is 0.331 e. The second-order valence-corrected chi connectivity index (χ2v) is 8.75. The number of nitrogens with one attached hydrogen (secondary N) is 1. The van der Waals surface area contributed by atoms with Crippen LogP contribution in [0.4, 0.5) is 5.69 Å². The molecule has 1 N–H and O–H groups in total. The van der Waals surface area contributed by atoms with E-state index >= 15 is 0 Å². The van der Waals surface area contributed by atoms with E-state index in [0.29, 0.717) is 22.2 Å². The first kappa shape index (κ1) is 20.5. The molecule has 0 radical (unpaired) electrons. The van der Waals surface area contributed by atoms with E-state index in [9.17, 15) is 22.8 Å². The van der Waals surface area contributed by atoms with Crippen LogP contribution in [0, 0.1) is 6.92 Å². The second kappa shape index (κ2) is 7.67. The van der Waals surface area contributed by atoms with E-state index in [1.54, 1.807) is 44.2 Å². The average molecular weight is 415 g/mol. The number of benzene rings is 2. The van der Waals surface area contributed by atoms with E-state index in [0.717, 1.165) is 10.8 Å². The fourth-order valence-electron chi connectivity index (χ4n) is 3.10. The largest absolute Gasteiger partial charge is 0.331 e. The van der Waals surface area contributed by atoms with Crippen LogP contribution >= 0.6 is 0 Å². The number of carbonyl (C=O) groups is 1. The van der Waals surface area contributed by atoms with E-state index in [1.165, 1.54) is 16.7 Å². The number of amides is 1. The highest BCUT2D eigenvalue weighted by Crippen LogP contribution is 2.20. The molecule has 2 aromatic carbocycles. The van der Waals surface area contributed by atoms with Crippen LogP contribution in [0.1, 0.15) is 12.5 Å². The summed E-state index contributed by atoms with van der Waals surface area (Å²) in [6.45, 7) is 3.28. The number of para-hydroxylation sites is 1. The molecule has 8 nitrogen and oxygen atoms in total. The molecule has 0 atom stereocenters. The molecule has 0 saturated heterocycles. The number of sulfone groups is 1. The van der Waals surface area contributed by atoms with Gasteiger partial charge in [0.2, 0.25) is 5.91 Å². The Hall–Kier alpha value is -3.20. The van der Waals surface area contributed by atoms with Gasteiger partial charge in [0.05, 0.1) is 15.8 Å². The predicted octanol–water partition coefficient (Wildman–Crippen LogP) is 1.53. The monoisotopic (exact) mass is 415 g/mol. The Bertz CT molecular complexity index is 1340. The fraction of sp³-hybridized carbons (Fsp3) is 0.250. The van der Waals surface area contributed by atoms with Crippen LogP contribution in [0.15, 0.2) is 56.9 Å². The normalized spacial score (nSPS) is 11.6. The molecule has 9 heteroatoms. The quantitative estimate of drug-likeness (QED) is 0.680. The first-order valence-electron chi connectivity index (χ1n) is 8.96. The van der Waals surface area contributed by atoms with Gasteiger partial charge in [-0.25, -0.2) is 13.2 Å². The topological polar surface area (TPSA) is 107 Å². The molecule has 0 saturated carbocycles. The number of rotatable bonds is 5. The van der Waals surface area contributed by atoms with Crippen molar-refractivity contribution in [2.45, 2.75) is 31.8 Å². The summed E-state index contributed by atoms with van der Waals surface area (Å²) in [5, 5.41) is 3.01. The summed E-state index contributed by atoms with van der Waals surface area (Å²) >= 11 is 0. The van der Waals surface area contributed by atoms with Crippen LogP contribution in [-0.4, -0.2) is 29.7 Å². The van der Waals surface area contributed by atoms with Crippen molar-refractivity contribution in [3.05, 3.63) is 68.9 Å². The van der Waals surface area contributed by atoms with Gasteiger partial charge in [-0.15, -0.1) is 0 Å². The van der Waals surface area contributed by atoms with Crippen molar-refractivity contribution in [1.29, 1.82) is 0 Å². The van der Waals surface area contributed by atoms with E-state index in [-0.39, 0.29) is 18.0 Å². The summed E-state index contributed by atoms with van der Waals surface area (Å²) in [6, 6.07) is 11.1. The molecule has 3 rings (SSSR count). The second-order valence-electron chi connectivity index (χ2n) is 6.73. The molecule has 29 heavy (non-hydrogen) atoms. The van der Waals surface area contributed by atoms with E-state index in [2.05, 4.69) is 5.32 Å². The van der Waals surface area contributed by atoms with Gasteiger partial charge in [0, 0.05) is 18.5 Å². The minimum absolute atomic E-state index is 0.0838. The van der Waals surface area contributed by atoms with Crippen molar-refractivity contribution < 1.29 is 13.2 Å². The number of hydrogen-bond donors (Lipinski definition) is 1. The van der Waals surface area contributed by atoms with Gasteiger partial charge < -0.3 is 5.32 Å². The highest BCUT2D eigenvalue weighted by molar-refractivity contribution is 7.90. The Morgan fingerprint density at radius 2 is 1.76 bits per heavy atom. The molecule has 0 fully saturated rings. The van der Waals surface area contributed by atoms with Crippen molar-refractivity contribution in [2.75, 3.05) is 11.6 Å². The van der Waals surface area contributed by atoms with Gasteiger partial charge in [0.25, 0.3) is 5.56 Å². The Labute approximate surface area is 167 Å². The van der Waals surface area contributed by atoms with Gasteiger partial charge in [0.1, 0.15) is 6.54 Å². The molecule has 0 bridgehead atoms. The third-order valence-corrected chi connectivity index (χ3v) is 5.77. The zero-order valence-electron chi connectivity index (χ0n) is 16.3. The Morgan fingerprint density at radius 1 is 1.07 bits per heavy atom. The molecular weight excluding hydrogens is 394 g/mol. The molecule has 0 aliphatic rings. The Balaban J connectivity index is 2.02. The SMILES string of the molecule is CCn1c(=O)c2ccccc2n(CC(=O)Nc2cc(S(C)(=O)=O)ccc2C)c1=O. The summed E-state index contributed by atoms with van der Waals surface area (Å²) < 4.78 is 25.9. The van der Waals surface area contributed by atoms with Gasteiger partial charge >= 0.3 is 5.69 Å². The molecular formula is C20H21N3O5S. The third kappa shape index (κ3) is 4.00. The van der Waals surface area contributed by atoms with Crippen molar-refractivity contribution >= 4 is 32.3 Å².